The number of nitrogens with zero attached hydrogens (tertiary/aromatic N) is 1. The van der Waals surface area contributed by atoms with Gasteiger partial charge in [0.2, 0.25) is 0 Å². The van der Waals surface area contributed by atoms with Crippen LogP contribution in [0.3, 0.4) is 0 Å². The molecule has 1 heterocycles. The molecule has 0 spiro atoms. The van der Waals surface area contributed by atoms with Crippen LogP contribution in [0.5, 0.6) is 0 Å². The summed E-state index contributed by atoms with van der Waals surface area (Å²) in [4.78, 5) is 30.4. The first-order valence-electron chi connectivity index (χ1n) is 12.4. The summed E-state index contributed by atoms with van der Waals surface area (Å²) in [5.74, 6) is -0.815. The van der Waals surface area contributed by atoms with Gasteiger partial charge in [0.15, 0.2) is 0 Å². The van der Waals surface area contributed by atoms with E-state index < -0.39 is 17.9 Å². The average Bonchev–Trinajstić information content (AvgIpc) is 3.40. The van der Waals surface area contributed by atoms with Gasteiger partial charge in [0, 0.05) is 17.3 Å². The van der Waals surface area contributed by atoms with Crippen molar-refractivity contribution in [1.82, 2.24) is 10.3 Å². The topological polar surface area (TPSA) is 88.5 Å². The standard InChI is InChI=1S/C30H29ClN2O4S2.Li.H/c1-19-7-3-4-8-22(19)25-15-20(11-12-23(25)28(34)33-27(30(35)36)13-14-38-2)17-37-18-21-16-32-29(39-21)24-9-5-6-10-26(24)31;;/h3-12,15-16,27H,13-14,17-18H2,1-2H3,(H,33,34)(H,35,36);;/q;+1;-1. The van der Waals surface area contributed by atoms with E-state index in [1.807, 2.05) is 73.8 Å². The van der Waals surface area contributed by atoms with Gasteiger partial charge in [-0.05, 0) is 65.8 Å². The second-order valence-corrected chi connectivity index (χ2v) is 11.5. The van der Waals surface area contributed by atoms with E-state index in [9.17, 15) is 14.7 Å². The van der Waals surface area contributed by atoms with Gasteiger partial charge in [-0.3, -0.25) is 4.79 Å². The van der Waals surface area contributed by atoms with E-state index in [-0.39, 0.29) is 20.3 Å². The van der Waals surface area contributed by atoms with Crippen LogP contribution in [-0.4, -0.2) is 40.0 Å². The molecule has 4 aromatic rings. The summed E-state index contributed by atoms with van der Waals surface area (Å²) in [6, 6.07) is 20.0. The third kappa shape index (κ3) is 8.23. The Labute approximate surface area is 261 Å². The fourth-order valence-electron chi connectivity index (χ4n) is 4.11. The van der Waals surface area contributed by atoms with Crippen LogP contribution >= 0.6 is 34.7 Å². The molecular formula is C30H30ClLiN2O4S2. The summed E-state index contributed by atoms with van der Waals surface area (Å²) < 4.78 is 6.00. The van der Waals surface area contributed by atoms with Crippen molar-refractivity contribution in [2.75, 3.05) is 12.0 Å². The Balaban J connectivity index is 0.00000294. The van der Waals surface area contributed by atoms with Crippen LogP contribution < -0.4 is 24.2 Å². The fraction of sp³-hybridized carbons (Fsp3) is 0.233. The van der Waals surface area contributed by atoms with Crippen LogP contribution in [0.1, 0.15) is 34.2 Å². The zero-order valence-corrected chi connectivity index (χ0v) is 25.0. The minimum Gasteiger partial charge on any atom is -1.00 e. The summed E-state index contributed by atoms with van der Waals surface area (Å²) >= 11 is 9.38. The maximum absolute atomic E-state index is 13.3. The van der Waals surface area contributed by atoms with Crippen molar-refractivity contribution in [3.8, 4) is 21.7 Å². The van der Waals surface area contributed by atoms with Crippen molar-refractivity contribution in [1.29, 1.82) is 0 Å². The van der Waals surface area contributed by atoms with Crippen LogP contribution in [-0.2, 0) is 22.7 Å². The van der Waals surface area contributed by atoms with Gasteiger partial charge in [0.1, 0.15) is 11.0 Å². The van der Waals surface area contributed by atoms with Gasteiger partial charge >= 0.3 is 24.8 Å². The molecule has 4 rings (SSSR count). The van der Waals surface area contributed by atoms with Gasteiger partial charge in [-0.2, -0.15) is 11.8 Å². The monoisotopic (exact) mass is 588 g/mol. The van der Waals surface area contributed by atoms with Gasteiger partial charge in [-0.25, -0.2) is 9.78 Å². The average molecular weight is 589 g/mol. The molecule has 0 saturated carbocycles. The summed E-state index contributed by atoms with van der Waals surface area (Å²) in [6.07, 6.45) is 4.06. The van der Waals surface area contributed by atoms with Gasteiger partial charge < -0.3 is 16.6 Å². The van der Waals surface area contributed by atoms with Crippen molar-refractivity contribution in [2.45, 2.75) is 32.6 Å². The van der Waals surface area contributed by atoms with Gasteiger partial charge in [-0.15, -0.1) is 11.3 Å². The number of aryl methyl sites for hydroxylation is 1. The zero-order valence-electron chi connectivity index (χ0n) is 23.6. The van der Waals surface area contributed by atoms with Crippen LogP contribution in [0.4, 0.5) is 0 Å². The fourth-order valence-corrected chi connectivity index (χ4v) is 5.75. The number of nitrogens with one attached hydrogen (secondary N) is 1. The van der Waals surface area contributed by atoms with Gasteiger partial charge in [0.25, 0.3) is 5.91 Å². The van der Waals surface area contributed by atoms with Crippen LogP contribution in [0.25, 0.3) is 21.7 Å². The number of carbonyl (C=O) groups excluding carboxylic acids is 1. The summed E-state index contributed by atoms with van der Waals surface area (Å²) in [5.41, 5.74) is 4.88. The molecule has 0 fully saturated rings. The number of hydrogen-bond donors (Lipinski definition) is 2. The molecule has 0 bridgehead atoms. The Kier molecular flexibility index (Phi) is 12.3. The summed E-state index contributed by atoms with van der Waals surface area (Å²) in [7, 11) is 0. The zero-order chi connectivity index (χ0) is 27.8. The number of halogens is 1. The van der Waals surface area contributed by atoms with E-state index in [0.717, 1.165) is 37.7 Å². The van der Waals surface area contributed by atoms with Crippen LogP contribution in [0.15, 0.2) is 72.9 Å². The van der Waals surface area contributed by atoms with Crippen molar-refractivity contribution >= 4 is 46.6 Å². The molecule has 0 aliphatic heterocycles. The van der Waals surface area contributed by atoms with E-state index in [1.54, 1.807) is 24.0 Å². The molecule has 1 aromatic heterocycles. The van der Waals surface area contributed by atoms with Crippen molar-refractivity contribution in [3.63, 3.8) is 0 Å². The molecule has 2 N–H and O–H groups in total. The van der Waals surface area contributed by atoms with Crippen LogP contribution in [0.2, 0.25) is 5.02 Å². The van der Waals surface area contributed by atoms with Crippen LogP contribution in [0, 0.1) is 6.92 Å². The Morgan fingerprint density at radius 2 is 1.80 bits per heavy atom. The molecule has 6 nitrogen and oxygen atoms in total. The molecule has 0 aliphatic rings. The quantitative estimate of drug-likeness (QED) is 0.241. The minimum atomic E-state index is -1.04. The Morgan fingerprint density at radius 3 is 2.50 bits per heavy atom. The van der Waals surface area contributed by atoms with Gasteiger partial charge in [-0.1, -0.05) is 60.1 Å². The number of carboxylic acid groups (broad SMARTS) is 1. The molecule has 1 atom stereocenters. The smallest absolute Gasteiger partial charge is 1.00 e. The number of hydrogen-bond acceptors (Lipinski definition) is 6. The SMILES string of the molecule is CSCCC(NC(=O)c1ccc(COCc2cnc(-c3ccccc3Cl)s2)cc1-c1ccccc1C)C(=O)O.[H-].[Li+]. The predicted octanol–water partition coefficient (Wildman–Crippen LogP) is 4.21. The second-order valence-electron chi connectivity index (χ2n) is 8.94. The van der Waals surface area contributed by atoms with Crippen molar-refractivity contribution in [2.24, 2.45) is 0 Å². The van der Waals surface area contributed by atoms with Gasteiger partial charge in [0.05, 0.1) is 23.1 Å². The molecule has 0 saturated heterocycles. The number of aromatic nitrogens is 1. The predicted molar refractivity (Wildman–Crippen MR) is 161 cm³/mol. The number of rotatable bonds is 12. The first-order valence-corrected chi connectivity index (χ1v) is 14.9. The second kappa shape index (κ2) is 15.4. The third-order valence-corrected chi connectivity index (χ3v) is 8.13. The van der Waals surface area contributed by atoms with E-state index in [2.05, 4.69) is 10.3 Å². The first-order chi connectivity index (χ1) is 18.9. The molecular weight excluding hydrogens is 559 g/mol. The minimum absolute atomic E-state index is 0. The van der Waals surface area contributed by atoms with Crippen molar-refractivity contribution < 1.29 is 39.7 Å². The number of thioether (sulfide) groups is 1. The first kappa shape index (κ1) is 31.9. The molecule has 0 radical (unpaired) electrons. The van der Waals surface area contributed by atoms with E-state index in [1.165, 1.54) is 11.3 Å². The Hall–Kier alpha value is -2.57. The maximum atomic E-state index is 13.3. The number of ether oxygens (including phenoxy) is 1. The van der Waals surface area contributed by atoms with E-state index in [0.29, 0.717) is 36.0 Å². The third-order valence-electron chi connectivity index (χ3n) is 6.15. The summed E-state index contributed by atoms with van der Waals surface area (Å²) in [5, 5.41) is 13.8. The van der Waals surface area contributed by atoms with E-state index >= 15 is 0 Å². The van der Waals surface area contributed by atoms with E-state index in [4.69, 9.17) is 16.3 Å². The number of carboxylic acids is 1. The maximum Gasteiger partial charge on any atom is 1.00 e. The van der Waals surface area contributed by atoms with Crippen molar-refractivity contribution in [3.05, 3.63) is 99.5 Å². The molecule has 10 heteroatoms. The Morgan fingerprint density at radius 1 is 1.07 bits per heavy atom. The molecule has 3 aromatic carbocycles. The number of thiazole rings is 1. The normalized spacial score (nSPS) is 11.5. The number of carbonyl (C=O) groups is 2. The largest absolute Gasteiger partial charge is 1.00 e. The number of benzene rings is 3. The molecule has 204 valence electrons. The number of amides is 1. The Bertz CT molecular complexity index is 1470. The molecule has 1 unspecified atom stereocenters. The molecule has 40 heavy (non-hydrogen) atoms. The summed E-state index contributed by atoms with van der Waals surface area (Å²) in [6.45, 7) is 2.71. The molecule has 1 amide bonds. The molecule has 0 aliphatic carbocycles. The number of aliphatic carboxylic acids is 1.